The van der Waals surface area contributed by atoms with E-state index < -0.39 is 34.2 Å². The average Bonchev–Trinajstić information content (AvgIpc) is 2.34. The number of benzene rings is 1. The zero-order valence-corrected chi connectivity index (χ0v) is 12.6. The Bertz CT molecular complexity index is 556. The number of fused-ring (bicyclic) bond motifs is 1. The van der Waals surface area contributed by atoms with Gasteiger partial charge in [-0.3, -0.25) is 0 Å². The first-order chi connectivity index (χ1) is 9.38. The Hall–Kier alpha value is -0.890. The molecule has 0 amide bonds. The Kier molecular flexibility index (Phi) is 3.77. The third kappa shape index (κ3) is 2.63. The maximum Gasteiger partial charge on any atom is 0.458 e. The number of ether oxygens (including phenoxy) is 1. The molecule has 1 aromatic carbocycles. The number of aliphatic hydroxyl groups excluding tert-OH is 1. The lowest BCUT2D eigenvalue weighted by molar-refractivity contribution is -0.289. The lowest BCUT2D eigenvalue weighted by atomic mass is 9.90. The minimum absolute atomic E-state index is 0.0879. The molecule has 0 radical (unpaired) electrons. The van der Waals surface area contributed by atoms with Crippen LogP contribution in [0.1, 0.15) is 31.1 Å². The molecule has 21 heavy (non-hydrogen) atoms. The highest BCUT2D eigenvalue weighted by Crippen LogP contribution is 2.48. The Balaban J connectivity index is 2.51. The first-order valence-electron chi connectivity index (χ1n) is 5.98. The molecule has 1 heterocycles. The third-order valence-corrected chi connectivity index (χ3v) is 4.96. The standard InChI is InChI=1S/C13H12BrF5O2/c1-11(2)10(14)9(20)7-5-6(3-4-8(7)21-11)12(15,16)13(17,18)19/h3-5,9-10,20H,1-2H3/t9-,10+/m0/s1. The fourth-order valence-corrected chi connectivity index (χ4v) is 2.49. The van der Waals surface area contributed by atoms with Crippen LogP contribution >= 0.6 is 15.9 Å². The third-order valence-electron chi connectivity index (χ3n) is 3.36. The molecule has 1 aliphatic rings. The first-order valence-corrected chi connectivity index (χ1v) is 6.89. The maximum atomic E-state index is 13.4. The number of hydrogen-bond donors (Lipinski definition) is 1. The van der Waals surface area contributed by atoms with Crippen LogP contribution in [0.3, 0.4) is 0 Å². The van der Waals surface area contributed by atoms with Gasteiger partial charge in [0.15, 0.2) is 0 Å². The monoisotopic (exact) mass is 374 g/mol. The summed E-state index contributed by atoms with van der Waals surface area (Å²) in [5.74, 6) is -4.90. The fraction of sp³-hybridized carbons (Fsp3) is 0.538. The highest BCUT2D eigenvalue weighted by molar-refractivity contribution is 9.09. The van der Waals surface area contributed by atoms with Gasteiger partial charge < -0.3 is 9.84 Å². The van der Waals surface area contributed by atoms with Crippen LogP contribution in [0, 0.1) is 0 Å². The van der Waals surface area contributed by atoms with E-state index in [1.807, 2.05) is 0 Å². The Labute approximate surface area is 126 Å². The number of rotatable bonds is 1. The maximum absolute atomic E-state index is 13.4. The Morgan fingerprint density at radius 3 is 2.29 bits per heavy atom. The molecule has 2 atom stereocenters. The topological polar surface area (TPSA) is 29.5 Å². The number of aliphatic hydroxyl groups is 1. The summed E-state index contributed by atoms with van der Waals surface area (Å²) < 4.78 is 69.4. The highest BCUT2D eigenvalue weighted by Gasteiger charge is 2.59. The lowest BCUT2D eigenvalue weighted by Gasteiger charge is -2.40. The summed E-state index contributed by atoms with van der Waals surface area (Å²) in [6.45, 7) is 3.33. The van der Waals surface area contributed by atoms with Crippen molar-refractivity contribution in [2.75, 3.05) is 0 Å². The Morgan fingerprint density at radius 1 is 1.19 bits per heavy atom. The van der Waals surface area contributed by atoms with Gasteiger partial charge in [-0.1, -0.05) is 15.9 Å². The molecular weight excluding hydrogens is 363 g/mol. The van der Waals surface area contributed by atoms with Gasteiger partial charge in [0.1, 0.15) is 11.4 Å². The molecule has 0 saturated carbocycles. The van der Waals surface area contributed by atoms with Crippen LogP contribution in [0.2, 0.25) is 0 Å². The molecule has 0 bridgehead atoms. The van der Waals surface area contributed by atoms with E-state index in [-0.39, 0.29) is 11.3 Å². The number of alkyl halides is 6. The molecule has 8 heteroatoms. The molecular formula is C13H12BrF5O2. The van der Waals surface area contributed by atoms with Crippen LogP contribution in [0.4, 0.5) is 22.0 Å². The molecule has 2 nitrogen and oxygen atoms in total. The van der Waals surface area contributed by atoms with Gasteiger partial charge in [0, 0.05) is 11.1 Å². The summed E-state index contributed by atoms with van der Waals surface area (Å²) in [5.41, 5.74) is -2.16. The molecule has 0 fully saturated rings. The molecule has 1 N–H and O–H groups in total. The molecule has 0 saturated heterocycles. The predicted molar refractivity (Wildman–Crippen MR) is 68.8 cm³/mol. The van der Waals surface area contributed by atoms with Gasteiger partial charge in [-0.25, -0.2) is 0 Å². The van der Waals surface area contributed by atoms with Crippen molar-refractivity contribution in [3.8, 4) is 5.75 Å². The van der Waals surface area contributed by atoms with Gasteiger partial charge in [0.05, 0.1) is 10.9 Å². The predicted octanol–water partition coefficient (Wildman–Crippen LogP) is 4.31. The summed E-state index contributed by atoms with van der Waals surface area (Å²) in [5, 5.41) is 10.1. The van der Waals surface area contributed by atoms with Gasteiger partial charge in [-0.2, -0.15) is 22.0 Å². The molecule has 0 unspecified atom stereocenters. The summed E-state index contributed by atoms with van der Waals surface area (Å²) in [4.78, 5) is -0.646. The van der Waals surface area contributed by atoms with Crippen molar-refractivity contribution < 1.29 is 31.8 Å². The van der Waals surface area contributed by atoms with Crippen LogP contribution in [0.15, 0.2) is 18.2 Å². The number of halogens is 6. The largest absolute Gasteiger partial charge is 0.486 e. The second-order valence-electron chi connectivity index (χ2n) is 5.38. The first kappa shape index (κ1) is 16.5. The van der Waals surface area contributed by atoms with Crippen LogP contribution in [0.5, 0.6) is 5.75 Å². The smallest absolute Gasteiger partial charge is 0.458 e. The summed E-state index contributed by atoms with van der Waals surface area (Å²) in [6.07, 6.45) is -6.96. The van der Waals surface area contributed by atoms with E-state index in [4.69, 9.17) is 4.74 Å². The fourth-order valence-electron chi connectivity index (χ4n) is 2.11. The van der Waals surface area contributed by atoms with Crippen molar-refractivity contribution in [1.82, 2.24) is 0 Å². The van der Waals surface area contributed by atoms with E-state index in [2.05, 4.69) is 15.9 Å². The quantitative estimate of drug-likeness (QED) is 0.586. The molecule has 2 rings (SSSR count). The van der Waals surface area contributed by atoms with Crippen molar-refractivity contribution in [3.05, 3.63) is 29.3 Å². The van der Waals surface area contributed by atoms with Gasteiger partial charge in [0.25, 0.3) is 0 Å². The van der Waals surface area contributed by atoms with E-state index in [0.717, 1.165) is 6.07 Å². The second kappa shape index (κ2) is 4.81. The van der Waals surface area contributed by atoms with Gasteiger partial charge >= 0.3 is 12.1 Å². The molecule has 0 aliphatic carbocycles. The summed E-state index contributed by atoms with van der Waals surface area (Å²) >= 11 is 3.17. The molecule has 0 aromatic heterocycles. The molecule has 1 aliphatic heterocycles. The van der Waals surface area contributed by atoms with Crippen LogP contribution in [-0.4, -0.2) is 21.7 Å². The SMILES string of the molecule is CC1(C)Oc2ccc(C(F)(F)C(F)(F)F)cc2[C@H](O)[C@H]1Br. The van der Waals surface area contributed by atoms with E-state index >= 15 is 0 Å². The van der Waals surface area contributed by atoms with Crippen molar-refractivity contribution in [2.24, 2.45) is 0 Å². The normalized spacial score (nSPS) is 25.2. The van der Waals surface area contributed by atoms with Crippen LogP contribution in [0.25, 0.3) is 0 Å². The molecule has 0 spiro atoms. The number of hydrogen-bond acceptors (Lipinski definition) is 2. The van der Waals surface area contributed by atoms with Crippen molar-refractivity contribution in [3.63, 3.8) is 0 Å². The summed E-state index contributed by atoms with van der Waals surface area (Å²) in [7, 11) is 0. The van der Waals surface area contributed by atoms with Crippen molar-refractivity contribution in [1.29, 1.82) is 0 Å². The highest BCUT2D eigenvalue weighted by atomic mass is 79.9. The van der Waals surface area contributed by atoms with Gasteiger partial charge in [-0.15, -0.1) is 0 Å². The average molecular weight is 375 g/mol. The van der Waals surface area contributed by atoms with Crippen LogP contribution < -0.4 is 4.74 Å². The zero-order chi connectivity index (χ0) is 16.2. The zero-order valence-electron chi connectivity index (χ0n) is 11.0. The second-order valence-corrected chi connectivity index (χ2v) is 6.36. The molecule has 1 aromatic rings. The van der Waals surface area contributed by atoms with E-state index in [0.29, 0.717) is 12.1 Å². The van der Waals surface area contributed by atoms with E-state index in [1.165, 1.54) is 0 Å². The minimum atomic E-state index is -5.70. The van der Waals surface area contributed by atoms with E-state index in [1.54, 1.807) is 13.8 Å². The van der Waals surface area contributed by atoms with Gasteiger partial charge in [0.2, 0.25) is 0 Å². The Morgan fingerprint density at radius 2 is 1.76 bits per heavy atom. The van der Waals surface area contributed by atoms with E-state index in [9.17, 15) is 27.1 Å². The van der Waals surface area contributed by atoms with Crippen molar-refractivity contribution in [2.45, 2.75) is 42.5 Å². The summed E-state index contributed by atoms with van der Waals surface area (Å²) in [6, 6.07) is 2.31. The van der Waals surface area contributed by atoms with Crippen LogP contribution in [-0.2, 0) is 5.92 Å². The lowest BCUT2D eigenvalue weighted by Crippen LogP contribution is -2.45. The minimum Gasteiger partial charge on any atom is -0.486 e. The van der Waals surface area contributed by atoms with Crippen molar-refractivity contribution >= 4 is 15.9 Å². The molecule has 118 valence electrons. The van der Waals surface area contributed by atoms with Gasteiger partial charge in [-0.05, 0) is 32.0 Å².